The second kappa shape index (κ2) is 6.45. The first-order valence-corrected chi connectivity index (χ1v) is 8.43. The number of aromatic nitrogens is 1. The molecular formula is C17H20BrN3O2. The third kappa shape index (κ3) is 3.19. The molecule has 1 aromatic carbocycles. The van der Waals surface area contributed by atoms with Gasteiger partial charge >= 0.3 is 0 Å². The Balaban J connectivity index is 2.04. The monoisotopic (exact) mass is 377 g/mol. The molecule has 0 saturated carbocycles. The Kier molecular flexibility index (Phi) is 4.55. The van der Waals surface area contributed by atoms with Crippen LogP contribution in [0.25, 0.3) is 0 Å². The highest BCUT2D eigenvalue weighted by Crippen LogP contribution is 2.31. The summed E-state index contributed by atoms with van der Waals surface area (Å²) in [7, 11) is 4.11. The van der Waals surface area contributed by atoms with Gasteiger partial charge in [0, 0.05) is 22.7 Å². The summed E-state index contributed by atoms with van der Waals surface area (Å²) in [6, 6.07) is 6.39. The van der Waals surface area contributed by atoms with E-state index in [-0.39, 0.29) is 5.91 Å². The molecule has 1 aliphatic heterocycles. The van der Waals surface area contributed by atoms with Gasteiger partial charge in [0.15, 0.2) is 12.1 Å². The number of carbonyl (C=O) groups excluding carboxylic acids is 1. The molecule has 0 spiro atoms. The Labute approximate surface area is 144 Å². The van der Waals surface area contributed by atoms with Gasteiger partial charge in [-0.15, -0.1) is 0 Å². The minimum absolute atomic E-state index is 0.103. The van der Waals surface area contributed by atoms with Crippen molar-refractivity contribution in [3.8, 4) is 0 Å². The van der Waals surface area contributed by atoms with Crippen LogP contribution in [0.1, 0.15) is 28.2 Å². The standard InChI is InChI=1S/C17H20BrN3O2/c1-11-16(19-10-23-11)17(22)21-9-14(20(2)3)6-4-12-8-13(18)5-7-15(12)21/h5,7-8,10,14H,4,6,9H2,1-3H3. The fraction of sp³-hybridized carbons (Fsp3) is 0.412. The largest absolute Gasteiger partial charge is 0.448 e. The van der Waals surface area contributed by atoms with E-state index in [9.17, 15) is 4.79 Å². The average Bonchev–Trinajstić information content (AvgIpc) is 2.83. The number of hydrogen-bond donors (Lipinski definition) is 0. The maximum atomic E-state index is 13.0. The molecule has 0 N–H and O–H groups in total. The van der Waals surface area contributed by atoms with Crippen LogP contribution >= 0.6 is 15.9 Å². The summed E-state index contributed by atoms with van der Waals surface area (Å²) in [6.45, 7) is 2.41. The van der Waals surface area contributed by atoms with Crippen molar-refractivity contribution in [2.75, 3.05) is 25.5 Å². The van der Waals surface area contributed by atoms with E-state index >= 15 is 0 Å². The van der Waals surface area contributed by atoms with Gasteiger partial charge in [0.2, 0.25) is 0 Å². The lowest BCUT2D eigenvalue weighted by molar-refractivity contribution is 0.0974. The zero-order valence-electron chi connectivity index (χ0n) is 13.5. The molecule has 1 unspecified atom stereocenters. The fourth-order valence-electron chi connectivity index (χ4n) is 2.99. The van der Waals surface area contributed by atoms with Gasteiger partial charge in [-0.25, -0.2) is 4.98 Å². The summed E-state index contributed by atoms with van der Waals surface area (Å²) in [4.78, 5) is 21.1. The minimum atomic E-state index is -0.103. The Morgan fingerprint density at radius 2 is 2.22 bits per heavy atom. The van der Waals surface area contributed by atoms with E-state index in [0.717, 1.165) is 23.0 Å². The number of benzene rings is 1. The molecule has 1 atom stereocenters. The van der Waals surface area contributed by atoms with Gasteiger partial charge in [0.1, 0.15) is 5.76 Å². The van der Waals surface area contributed by atoms with Gasteiger partial charge in [-0.05, 0) is 57.6 Å². The molecular weight excluding hydrogens is 358 g/mol. The Morgan fingerprint density at radius 1 is 1.43 bits per heavy atom. The zero-order chi connectivity index (χ0) is 16.6. The zero-order valence-corrected chi connectivity index (χ0v) is 15.1. The van der Waals surface area contributed by atoms with Gasteiger partial charge < -0.3 is 14.2 Å². The first kappa shape index (κ1) is 16.2. The van der Waals surface area contributed by atoms with Gasteiger partial charge in [-0.3, -0.25) is 4.79 Å². The highest BCUT2D eigenvalue weighted by atomic mass is 79.9. The van der Waals surface area contributed by atoms with E-state index in [1.165, 1.54) is 12.0 Å². The summed E-state index contributed by atoms with van der Waals surface area (Å²) >= 11 is 3.53. The van der Waals surface area contributed by atoms with Crippen molar-refractivity contribution in [2.24, 2.45) is 0 Å². The van der Waals surface area contributed by atoms with Crippen molar-refractivity contribution in [2.45, 2.75) is 25.8 Å². The third-order valence-electron chi connectivity index (χ3n) is 4.40. The number of likely N-dealkylation sites (N-methyl/N-ethyl adjacent to an activating group) is 1. The quantitative estimate of drug-likeness (QED) is 0.805. The molecule has 3 rings (SSSR count). The van der Waals surface area contributed by atoms with Crippen LogP contribution < -0.4 is 4.90 Å². The molecule has 0 aliphatic carbocycles. The highest BCUT2D eigenvalue weighted by Gasteiger charge is 2.30. The molecule has 0 saturated heterocycles. The van der Waals surface area contributed by atoms with Gasteiger partial charge in [-0.1, -0.05) is 15.9 Å². The number of hydrogen-bond acceptors (Lipinski definition) is 4. The maximum absolute atomic E-state index is 13.0. The molecule has 2 aromatic rings. The van der Waals surface area contributed by atoms with Gasteiger partial charge in [0.05, 0.1) is 0 Å². The topological polar surface area (TPSA) is 49.6 Å². The first-order valence-electron chi connectivity index (χ1n) is 7.64. The van der Waals surface area contributed by atoms with Crippen LogP contribution in [-0.4, -0.2) is 42.5 Å². The fourth-order valence-corrected chi connectivity index (χ4v) is 3.40. The van der Waals surface area contributed by atoms with E-state index in [2.05, 4.69) is 46.0 Å². The van der Waals surface area contributed by atoms with Crippen molar-refractivity contribution < 1.29 is 9.21 Å². The Bertz CT molecular complexity index is 726. The first-order chi connectivity index (χ1) is 11.0. The molecule has 2 heterocycles. The normalized spacial score (nSPS) is 18.0. The molecule has 1 aliphatic rings. The van der Waals surface area contributed by atoms with Crippen LogP contribution in [0, 0.1) is 6.92 Å². The summed E-state index contributed by atoms with van der Waals surface area (Å²) in [5.74, 6) is 0.452. The number of fused-ring (bicyclic) bond motifs is 1. The van der Waals surface area contributed by atoms with Crippen LogP contribution in [0.5, 0.6) is 0 Å². The average molecular weight is 378 g/mol. The number of amides is 1. The lowest BCUT2D eigenvalue weighted by Crippen LogP contribution is -2.42. The minimum Gasteiger partial charge on any atom is -0.448 e. The number of halogens is 1. The molecule has 6 heteroatoms. The predicted octanol–water partition coefficient (Wildman–Crippen LogP) is 3.27. The molecule has 122 valence electrons. The summed E-state index contributed by atoms with van der Waals surface area (Å²) in [6.07, 6.45) is 3.28. The second-order valence-corrected chi connectivity index (χ2v) is 7.02. The number of aryl methyl sites for hydroxylation is 2. The van der Waals surface area contributed by atoms with E-state index < -0.39 is 0 Å². The summed E-state index contributed by atoms with van der Waals surface area (Å²) < 4.78 is 6.24. The molecule has 0 fully saturated rings. The lowest BCUT2D eigenvalue weighted by Gasteiger charge is -2.29. The van der Waals surface area contributed by atoms with Crippen LogP contribution in [0.15, 0.2) is 33.5 Å². The number of rotatable bonds is 2. The number of nitrogens with zero attached hydrogens (tertiary/aromatic N) is 3. The summed E-state index contributed by atoms with van der Waals surface area (Å²) in [5, 5.41) is 0. The molecule has 5 nitrogen and oxygen atoms in total. The Hall–Kier alpha value is -1.66. The molecule has 23 heavy (non-hydrogen) atoms. The van der Waals surface area contributed by atoms with Crippen LogP contribution in [0.2, 0.25) is 0 Å². The third-order valence-corrected chi connectivity index (χ3v) is 4.89. The van der Waals surface area contributed by atoms with Crippen molar-refractivity contribution in [3.63, 3.8) is 0 Å². The van der Waals surface area contributed by atoms with Crippen LogP contribution in [0.4, 0.5) is 5.69 Å². The van der Waals surface area contributed by atoms with Gasteiger partial charge in [0.25, 0.3) is 5.91 Å². The Morgan fingerprint density at radius 3 is 2.87 bits per heavy atom. The van der Waals surface area contributed by atoms with Crippen molar-refractivity contribution >= 4 is 27.5 Å². The van der Waals surface area contributed by atoms with Crippen LogP contribution in [0.3, 0.4) is 0 Å². The lowest BCUT2D eigenvalue weighted by atomic mass is 10.1. The number of carbonyl (C=O) groups is 1. The second-order valence-electron chi connectivity index (χ2n) is 6.10. The van der Waals surface area contributed by atoms with Crippen molar-refractivity contribution in [3.05, 3.63) is 46.1 Å². The highest BCUT2D eigenvalue weighted by molar-refractivity contribution is 9.10. The van der Waals surface area contributed by atoms with Crippen LogP contribution in [-0.2, 0) is 6.42 Å². The molecule has 0 bridgehead atoms. The van der Waals surface area contributed by atoms with E-state index in [1.54, 1.807) is 6.92 Å². The van der Waals surface area contributed by atoms with Crippen molar-refractivity contribution in [1.29, 1.82) is 0 Å². The SMILES string of the molecule is Cc1ocnc1C(=O)N1CC(N(C)C)CCc2cc(Br)ccc21. The molecule has 1 aromatic heterocycles. The molecule has 1 amide bonds. The van der Waals surface area contributed by atoms with Crippen molar-refractivity contribution in [1.82, 2.24) is 9.88 Å². The number of anilines is 1. The maximum Gasteiger partial charge on any atom is 0.280 e. The van der Waals surface area contributed by atoms with Gasteiger partial charge in [-0.2, -0.15) is 0 Å². The summed E-state index contributed by atoms with van der Waals surface area (Å²) in [5.41, 5.74) is 2.53. The smallest absolute Gasteiger partial charge is 0.280 e. The number of oxazole rings is 1. The van der Waals surface area contributed by atoms with E-state index in [0.29, 0.717) is 24.0 Å². The molecule has 0 radical (unpaired) electrons. The van der Waals surface area contributed by atoms with E-state index in [1.807, 2.05) is 17.0 Å². The predicted molar refractivity (Wildman–Crippen MR) is 92.9 cm³/mol. The van der Waals surface area contributed by atoms with E-state index in [4.69, 9.17) is 4.42 Å².